The van der Waals surface area contributed by atoms with Gasteiger partial charge in [0.2, 0.25) is 0 Å². The Balaban J connectivity index is 1.55. The van der Waals surface area contributed by atoms with E-state index in [4.69, 9.17) is 14.2 Å². The molecule has 1 aliphatic heterocycles. The molecule has 4 fully saturated rings. The minimum absolute atomic E-state index is 0.0389. The Kier molecular flexibility index (Phi) is 6.95. The second kappa shape index (κ2) is 9.46. The molecule has 0 aromatic carbocycles. The standard InChI is InChI=1S/C34H50O6/c1-20(2)11-10-16-33(9)28-25(38-21(3)35)19-32(8)24-12-13-26-30(5,6)27(39-22(4)36)15-17-31(26,7)23(24)14-18-34(28,32)29(37)40-33/h12,23,25-28H,1,10-11,13-19H2,2-9H3/t23-,25-,26+,27+,28-,31-,32+,33+,34-/m1/s1. The maximum atomic E-state index is 14.2. The first kappa shape index (κ1) is 29.4. The number of rotatable bonds is 6. The number of allylic oxidation sites excluding steroid dienone is 3. The Labute approximate surface area is 240 Å². The van der Waals surface area contributed by atoms with Crippen molar-refractivity contribution in [1.82, 2.24) is 0 Å². The maximum absolute atomic E-state index is 14.2. The molecule has 40 heavy (non-hydrogen) atoms. The van der Waals surface area contributed by atoms with Crippen LogP contribution in [0.1, 0.15) is 113 Å². The summed E-state index contributed by atoms with van der Waals surface area (Å²) in [5.41, 5.74) is 0.582. The fourth-order valence-corrected chi connectivity index (χ4v) is 10.8. The molecular formula is C34H50O6. The van der Waals surface area contributed by atoms with Crippen molar-refractivity contribution in [2.24, 2.45) is 39.4 Å². The van der Waals surface area contributed by atoms with Crippen molar-refractivity contribution < 1.29 is 28.6 Å². The van der Waals surface area contributed by atoms with Crippen molar-refractivity contribution in [3.63, 3.8) is 0 Å². The second-order valence-corrected chi connectivity index (χ2v) is 15.1. The van der Waals surface area contributed by atoms with E-state index in [1.807, 2.05) is 6.92 Å². The fraction of sp³-hybridized carbons (Fsp3) is 0.794. The van der Waals surface area contributed by atoms with Gasteiger partial charge in [-0.1, -0.05) is 44.9 Å². The molecule has 5 aliphatic rings. The van der Waals surface area contributed by atoms with Crippen molar-refractivity contribution in [3.8, 4) is 0 Å². The third kappa shape index (κ3) is 3.97. The van der Waals surface area contributed by atoms with E-state index in [1.165, 1.54) is 19.4 Å². The SMILES string of the molecule is C=C(C)CCC[C@]1(C)OC(=O)[C@]23CC[C@@H]4C(=CC[C@H]5C(C)(C)[C@@H](OC(C)=O)CC[C@]45C)[C@]2(C)C[C@@H](OC(C)=O)[C@@H]31. The lowest BCUT2D eigenvalue weighted by Crippen LogP contribution is -2.59. The molecule has 3 saturated carbocycles. The highest BCUT2D eigenvalue weighted by atomic mass is 16.6. The van der Waals surface area contributed by atoms with Crippen LogP contribution in [-0.2, 0) is 28.6 Å². The average Bonchev–Trinajstić information content (AvgIpc) is 3.22. The lowest BCUT2D eigenvalue weighted by molar-refractivity contribution is -0.176. The van der Waals surface area contributed by atoms with Crippen LogP contribution in [-0.4, -0.2) is 35.7 Å². The Bertz CT molecular complexity index is 1150. The quantitative estimate of drug-likeness (QED) is 0.198. The molecule has 1 saturated heterocycles. The average molecular weight is 555 g/mol. The van der Waals surface area contributed by atoms with E-state index in [0.717, 1.165) is 56.9 Å². The number of hydrogen-bond donors (Lipinski definition) is 0. The van der Waals surface area contributed by atoms with Gasteiger partial charge in [-0.05, 0) is 88.9 Å². The Hall–Kier alpha value is -2.11. The third-order valence-electron chi connectivity index (χ3n) is 12.4. The van der Waals surface area contributed by atoms with Crippen LogP contribution >= 0.6 is 0 Å². The molecule has 0 N–H and O–H groups in total. The van der Waals surface area contributed by atoms with Crippen LogP contribution in [0.25, 0.3) is 0 Å². The van der Waals surface area contributed by atoms with Gasteiger partial charge in [0.05, 0.1) is 11.3 Å². The number of fused-ring (bicyclic) bond motifs is 4. The topological polar surface area (TPSA) is 78.9 Å². The van der Waals surface area contributed by atoms with Gasteiger partial charge in [-0.15, -0.1) is 6.58 Å². The van der Waals surface area contributed by atoms with Gasteiger partial charge in [-0.3, -0.25) is 14.4 Å². The predicted molar refractivity (Wildman–Crippen MR) is 153 cm³/mol. The monoisotopic (exact) mass is 554 g/mol. The molecule has 0 aromatic rings. The van der Waals surface area contributed by atoms with E-state index in [-0.39, 0.29) is 46.9 Å². The van der Waals surface area contributed by atoms with Crippen LogP contribution in [0.3, 0.4) is 0 Å². The summed E-state index contributed by atoms with van der Waals surface area (Å²) in [4.78, 5) is 38.5. The highest BCUT2D eigenvalue weighted by molar-refractivity contribution is 5.84. The van der Waals surface area contributed by atoms with Gasteiger partial charge in [0.1, 0.15) is 17.8 Å². The number of esters is 3. The first-order valence-electron chi connectivity index (χ1n) is 15.5. The zero-order valence-electron chi connectivity index (χ0n) is 26.0. The van der Waals surface area contributed by atoms with Crippen LogP contribution in [0.4, 0.5) is 0 Å². The van der Waals surface area contributed by atoms with Crippen molar-refractivity contribution in [2.45, 2.75) is 131 Å². The minimum Gasteiger partial charge on any atom is -0.462 e. The van der Waals surface area contributed by atoms with Crippen molar-refractivity contribution in [2.75, 3.05) is 0 Å². The number of carbonyl (C=O) groups is 3. The smallest absolute Gasteiger partial charge is 0.314 e. The minimum atomic E-state index is -0.693. The first-order chi connectivity index (χ1) is 18.5. The van der Waals surface area contributed by atoms with E-state index in [0.29, 0.717) is 18.3 Å². The molecule has 222 valence electrons. The molecule has 0 amide bonds. The Morgan fingerprint density at radius 3 is 2.33 bits per heavy atom. The van der Waals surface area contributed by atoms with E-state index >= 15 is 0 Å². The Morgan fingerprint density at radius 1 is 1.02 bits per heavy atom. The van der Waals surface area contributed by atoms with E-state index in [2.05, 4.69) is 47.3 Å². The molecule has 1 spiro atoms. The summed E-state index contributed by atoms with van der Waals surface area (Å²) in [5, 5.41) is 0. The molecule has 1 heterocycles. The summed E-state index contributed by atoms with van der Waals surface area (Å²) >= 11 is 0. The second-order valence-electron chi connectivity index (χ2n) is 15.1. The highest BCUT2D eigenvalue weighted by Gasteiger charge is 2.79. The number of cyclic esters (lactones) is 1. The highest BCUT2D eigenvalue weighted by Crippen LogP contribution is 2.76. The molecule has 0 aromatic heterocycles. The van der Waals surface area contributed by atoms with Gasteiger partial charge in [0.15, 0.2) is 0 Å². The third-order valence-corrected chi connectivity index (χ3v) is 12.4. The van der Waals surface area contributed by atoms with Crippen molar-refractivity contribution in [3.05, 3.63) is 23.8 Å². The number of carbonyl (C=O) groups excluding carboxylic acids is 3. The number of hydrogen-bond acceptors (Lipinski definition) is 6. The molecule has 0 radical (unpaired) electrons. The van der Waals surface area contributed by atoms with E-state index in [1.54, 1.807) is 0 Å². The number of ether oxygens (including phenoxy) is 3. The van der Waals surface area contributed by atoms with Gasteiger partial charge in [0.25, 0.3) is 0 Å². The summed E-state index contributed by atoms with van der Waals surface area (Å²) in [6.07, 6.45) is 9.56. The summed E-state index contributed by atoms with van der Waals surface area (Å²) in [6.45, 7) is 20.4. The largest absolute Gasteiger partial charge is 0.462 e. The van der Waals surface area contributed by atoms with Crippen LogP contribution in [0, 0.1) is 39.4 Å². The molecule has 4 aliphatic carbocycles. The molecule has 0 unspecified atom stereocenters. The molecule has 5 rings (SSSR count). The molecular weight excluding hydrogens is 504 g/mol. The van der Waals surface area contributed by atoms with Crippen LogP contribution in [0.5, 0.6) is 0 Å². The summed E-state index contributed by atoms with van der Waals surface area (Å²) in [6, 6.07) is 0. The molecule has 9 atom stereocenters. The predicted octanol–water partition coefficient (Wildman–Crippen LogP) is 7.11. The van der Waals surface area contributed by atoms with Crippen LogP contribution < -0.4 is 0 Å². The zero-order valence-corrected chi connectivity index (χ0v) is 26.0. The summed E-state index contributed by atoms with van der Waals surface area (Å²) in [5.74, 6) is -0.0700. The van der Waals surface area contributed by atoms with Crippen LogP contribution in [0.15, 0.2) is 23.8 Å². The molecule has 6 heteroatoms. The Morgan fingerprint density at radius 2 is 1.70 bits per heavy atom. The van der Waals surface area contributed by atoms with Gasteiger partial charge in [0, 0.05) is 24.7 Å². The molecule has 6 nitrogen and oxygen atoms in total. The zero-order chi connectivity index (χ0) is 29.5. The summed E-state index contributed by atoms with van der Waals surface area (Å²) < 4.78 is 18.3. The van der Waals surface area contributed by atoms with Crippen molar-refractivity contribution >= 4 is 17.9 Å². The van der Waals surface area contributed by atoms with Crippen molar-refractivity contribution in [1.29, 1.82) is 0 Å². The molecule has 0 bridgehead atoms. The normalized spacial score (nSPS) is 44.8. The van der Waals surface area contributed by atoms with Crippen LogP contribution in [0.2, 0.25) is 0 Å². The lowest BCUT2D eigenvalue weighted by atomic mass is 9.41. The first-order valence-corrected chi connectivity index (χ1v) is 15.5. The lowest BCUT2D eigenvalue weighted by Gasteiger charge is -2.63. The van der Waals surface area contributed by atoms with E-state index < -0.39 is 16.4 Å². The van der Waals surface area contributed by atoms with E-state index in [9.17, 15) is 14.4 Å². The van der Waals surface area contributed by atoms with Gasteiger partial charge < -0.3 is 14.2 Å². The maximum Gasteiger partial charge on any atom is 0.314 e. The fourth-order valence-electron chi connectivity index (χ4n) is 10.8. The van der Waals surface area contributed by atoms with Gasteiger partial charge in [-0.2, -0.15) is 0 Å². The summed E-state index contributed by atoms with van der Waals surface area (Å²) in [7, 11) is 0. The van der Waals surface area contributed by atoms with Gasteiger partial charge >= 0.3 is 17.9 Å². The van der Waals surface area contributed by atoms with Gasteiger partial charge in [-0.25, -0.2) is 0 Å².